The fourth-order valence-corrected chi connectivity index (χ4v) is 2.33. The molecule has 1 saturated heterocycles. The van der Waals surface area contributed by atoms with Crippen LogP contribution in [0.1, 0.15) is 18.1 Å². The van der Waals surface area contributed by atoms with Crippen molar-refractivity contribution in [2.45, 2.75) is 25.3 Å². The number of hydrogen-bond donors (Lipinski definition) is 1. The number of nitrogens with zero attached hydrogens (tertiary/aromatic N) is 1. The summed E-state index contributed by atoms with van der Waals surface area (Å²) in [7, 11) is 2.09. The monoisotopic (exact) mass is 254 g/mol. The molecule has 1 atom stereocenters. The molecule has 1 N–H and O–H groups in total. The van der Waals surface area contributed by atoms with Crippen LogP contribution in [0.4, 0.5) is 8.78 Å². The van der Waals surface area contributed by atoms with Crippen molar-refractivity contribution in [3.63, 3.8) is 0 Å². The van der Waals surface area contributed by atoms with E-state index in [1.54, 1.807) is 12.1 Å². The highest BCUT2D eigenvalue weighted by atomic mass is 19.3. The van der Waals surface area contributed by atoms with Crippen molar-refractivity contribution in [3.8, 4) is 0 Å². The van der Waals surface area contributed by atoms with Gasteiger partial charge >= 0.3 is 0 Å². The first-order valence-corrected chi connectivity index (χ1v) is 6.35. The molecule has 0 spiro atoms. The second-order valence-corrected chi connectivity index (χ2v) is 5.13. The SMILES string of the molecule is CN1CCNCC1Cc1cccc(C(C)(F)F)c1. The van der Waals surface area contributed by atoms with Gasteiger partial charge in [-0.1, -0.05) is 18.2 Å². The number of benzene rings is 1. The van der Waals surface area contributed by atoms with Crippen molar-refractivity contribution < 1.29 is 8.78 Å². The van der Waals surface area contributed by atoms with Crippen molar-refractivity contribution in [1.82, 2.24) is 10.2 Å². The molecule has 1 heterocycles. The lowest BCUT2D eigenvalue weighted by atomic mass is 9.99. The van der Waals surface area contributed by atoms with Gasteiger partial charge in [0.05, 0.1) is 0 Å². The lowest BCUT2D eigenvalue weighted by Crippen LogP contribution is -2.50. The Labute approximate surface area is 107 Å². The molecule has 1 unspecified atom stereocenters. The minimum atomic E-state index is -2.76. The van der Waals surface area contributed by atoms with Gasteiger partial charge in [0.15, 0.2) is 0 Å². The molecular formula is C14H20F2N2. The Morgan fingerprint density at radius 1 is 1.44 bits per heavy atom. The number of rotatable bonds is 3. The van der Waals surface area contributed by atoms with Crippen molar-refractivity contribution in [1.29, 1.82) is 0 Å². The van der Waals surface area contributed by atoms with Crippen molar-refractivity contribution in [2.24, 2.45) is 0 Å². The summed E-state index contributed by atoms with van der Waals surface area (Å²) in [6, 6.07) is 7.16. The van der Waals surface area contributed by atoms with Crippen LogP contribution >= 0.6 is 0 Å². The summed E-state index contributed by atoms with van der Waals surface area (Å²) < 4.78 is 26.5. The number of hydrogen-bond acceptors (Lipinski definition) is 2. The maximum absolute atomic E-state index is 13.3. The highest BCUT2D eigenvalue weighted by Crippen LogP contribution is 2.27. The number of alkyl halides is 2. The van der Waals surface area contributed by atoms with E-state index < -0.39 is 5.92 Å². The maximum Gasteiger partial charge on any atom is 0.270 e. The molecule has 4 heteroatoms. The van der Waals surface area contributed by atoms with Crippen LogP contribution in [0.25, 0.3) is 0 Å². The summed E-state index contributed by atoms with van der Waals surface area (Å²) in [5.74, 6) is -2.76. The molecule has 0 amide bonds. The molecule has 0 radical (unpaired) electrons. The number of halogens is 2. The summed E-state index contributed by atoms with van der Waals surface area (Å²) in [5.41, 5.74) is 1.08. The van der Waals surface area contributed by atoms with Crippen molar-refractivity contribution in [2.75, 3.05) is 26.7 Å². The molecule has 0 aliphatic carbocycles. The Morgan fingerprint density at radius 3 is 2.89 bits per heavy atom. The molecule has 0 bridgehead atoms. The van der Waals surface area contributed by atoms with Gasteiger partial charge < -0.3 is 10.2 Å². The molecule has 1 aromatic rings. The fraction of sp³-hybridized carbons (Fsp3) is 0.571. The van der Waals surface area contributed by atoms with E-state index in [4.69, 9.17) is 0 Å². The number of nitrogens with one attached hydrogen (secondary N) is 1. The average Bonchev–Trinajstić information content (AvgIpc) is 2.31. The third-order valence-corrected chi connectivity index (χ3v) is 3.55. The topological polar surface area (TPSA) is 15.3 Å². The van der Waals surface area contributed by atoms with Crippen LogP contribution < -0.4 is 5.32 Å². The molecule has 2 nitrogen and oxygen atoms in total. The second kappa shape index (κ2) is 5.33. The molecule has 1 aliphatic heterocycles. The first kappa shape index (κ1) is 13.4. The van der Waals surface area contributed by atoms with E-state index in [0.717, 1.165) is 38.5 Å². The highest BCUT2D eigenvalue weighted by molar-refractivity contribution is 5.27. The highest BCUT2D eigenvalue weighted by Gasteiger charge is 2.25. The van der Waals surface area contributed by atoms with Crippen molar-refractivity contribution in [3.05, 3.63) is 35.4 Å². The smallest absolute Gasteiger partial charge is 0.270 e. The van der Waals surface area contributed by atoms with Gasteiger partial charge in [-0.25, -0.2) is 8.78 Å². The van der Waals surface area contributed by atoms with E-state index in [1.807, 2.05) is 6.07 Å². The van der Waals surface area contributed by atoms with E-state index in [2.05, 4.69) is 17.3 Å². The van der Waals surface area contributed by atoms with Gasteiger partial charge in [-0.15, -0.1) is 0 Å². The largest absolute Gasteiger partial charge is 0.314 e. The number of likely N-dealkylation sites (N-methyl/N-ethyl adjacent to an activating group) is 1. The summed E-state index contributed by atoms with van der Waals surface area (Å²) in [4.78, 5) is 2.28. The normalized spacial score (nSPS) is 22.1. The molecular weight excluding hydrogens is 234 g/mol. The zero-order valence-electron chi connectivity index (χ0n) is 10.9. The molecule has 2 rings (SSSR count). The first-order valence-electron chi connectivity index (χ1n) is 6.35. The summed E-state index contributed by atoms with van der Waals surface area (Å²) in [6.45, 7) is 3.87. The van der Waals surface area contributed by atoms with Crippen molar-refractivity contribution >= 4 is 0 Å². The van der Waals surface area contributed by atoms with E-state index in [9.17, 15) is 8.78 Å². The predicted octanol–water partition coefficient (Wildman–Crippen LogP) is 2.24. The minimum Gasteiger partial charge on any atom is -0.314 e. The average molecular weight is 254 g/mol. The van der Waals surface area contributed by atoms with Gasteiger partial charge in [-0.05, 0) is 25.1 Å². The maximum atomic E-state index is 13.3. The predicted molar refractivity (Wildman–Crippen MR) is 69.0 cm³/mol. The van der Waals surface area contributed by atoms with Crippen LogP contribution in [-0.2, 0) is 12.3 Å². The van der Waals surface area contributed by atoms with Crippen LogP contribution in [0, 0.1) is 0 Å². The zero-order valence-corrected chi connectivity index (χ0v) is 10.9. The lowest BCUT2D eigenvalue weighted by Gasteiger charge is -2.33. The molecule has 0 saturated carbocycles. The fourth-order valence-electron chi connectivity index (χ4n) is 2.33. The van der Waals surface area contributed by atoms with E-state index in [0.29, 0.717) is 6.04 Å². The Hall–Kier alpha value is -1.00. The molecule has 1 fully saturated rings. The summed E-state index contributed by atoms with van der Waals surface area (Å²) >= 11 is 0. The summed E-state index contributed by atoms with van der Waals surface area (Å²) in [5, 5.41) is 3.34. The van der Waals surface area contributed by atoms with Gasteiger partial charge in [0.2, 0.25) is 0 Å². The van der Waals surface area contributed by atoms with E-state index in [-0.39, 0.29) is 5.56 Å². The Kier molecular flexibility index (Phi) is 3.97. The van der Waals surface area contributed by atoms with Crippen LogP contribution in [0.15, 0.2) is 24.3 Å². The summed E-state index contributed by atoms with van der Waals surface area (Å²) in [6.07, 6.45) is 0.813. The van der Waals surface area contributed by atoms with Crippen LogP contribution in [0.3, 0.4) is 0 Å². The minimum absolute atomic E-state index is 0.103. The molecule has 1 aliphatic rings. The third kappa shape index (κ3) is 3.27. The molecule has 0 aromatic heterocycles. The Bertz CT molecular complexity index is 401. The first-order chi connectivity index (χ1) is 8.47. The molecule has 1 aromatic carbocycles. The Balaban J connectivity index is 2.09. The Morgan fingerprint density at radius 2 is 2.22 bits per heavy atom. The van der Waals surface area contributed by atoms with Crippen LogP contribution in [-0.4, -0.2) is 37.6 Å². The zero-order chi connectivity index (χ0) is 13.2. The van der Waals surface area contributed by atoms with Gasteiger partial charge in [-0.3, -0.25) is 0 Å². The van der Waals surface area contributed by atoms with Gasteiger partial charge in [-0.2, -0.15) is 0 Å². The van der Waals surface area contributed by atoms with Gasteiger partial charge in [0.1, 0.15) is 0 Å². The van der Waals surface area contributed by atoms with Gasteiger partial charge in [0.25, 0.3) is 5.92 Å². The van der Waals surface area contributed by atoms with Crippen LogP contribution in [0.5, 0.6) is 0 Å². The standard InChI is InChI=1S/C14H20F2N2/c1-14(15,16)12-5-3-4-11(8-12)9-13-10-17-6-7-18(13)2/h3-5,8,13,17H,6-7,9-10H2,1-2H3. The molecule has 100 valence electrons. The third-order valence-electron chi connectivity index (χ3n) is 3.55. The quantitative estimate of drug-likeness (QED) is 0.890. The molecule has 18 heavy (non-hydrogen) atoms. The van der Waals surface area contributed by atoms with Gasteiger partial charge in [0, 0.05) is 38.2 Å². The van der Waals surface area contributed by atoms with Crippen LogP contribution in [0.2, 0.25) is 0 Å². The second-order valence-electron chi connectivity index (χ2n) is 5.13. The van der Waals surface area contributed by atoms with E-state index >= 15 is 0 Å². The van der Waals surface area contributed by atoms with E-state index in [1.165, 1.54) is 6.07 Å². The lowest BCUT2D eigenvalue weighted by molar-refractivity contribution is 0.0173. The number of piperazine rings is 1.